The summed E-state index contributed by atoms with van der Waals surface area (Å²) in [6.45, 7) is 3.98. The third-order valence-electron chi connectivity index (χ3n) is 4.25. The molecule has 1 aliphatic heterocycles. The summed E-state index contributed by atoms with van der Waals surface area (Å²) in [5, 5.41) is 14.7. The highest BCUT2D eigenvalue weighted by Crippen LogP contribution is 2.45. The molecule has 1 aromatic rings. The predicted octanol–water partition coefficient (Wildman–Crippen LogP) is 4.29. The zero-order chi connectivity index (χ0) is 14.1. The van der Waals surface area contributed by atoms with E-state index in [1.165, 1.54) is 12.8 Å². The van der Waals surface area contributed by atoms with Crippen molar-refractivity contribution in [2.45, 2.75) is 25.3 Å². The van der Waals surface area contributed by atoms with Crippen molar-refractivity contribution < 1.29 is 5.11 Å². The van der Waals surface area contributed by atoms with Gasteiger partial charge in [0, 0.05) is 42.8 Å². The average Bonchev–Trinajstić information content (AvgIpc) is 3.21. The minimum atomic E-state index is 0. The van der Waals surface area contributed by atoms with Crippen LogP contribution in [0.4, 0.5) is 0 Å². The minimum absolute atomic E-state index is 0. The topological polar surface area (TPSA) is 35.5 Å². The first-order valence-corrected chi connectivity index (χ1v) is 8.03. The molecule has 0 unspecified atom stereocenters. The number of halogens is 4. The molecule has 1 heterocycles. The molecule has 126 valence electrons. The quantitative estimate of drug-likeness (QED) is 0.808. The molecule has 0 radical (unpaired) electrons. The Kier molecular flexibility index (Phi) is 8.07. The lowest BCUT2D eigenvalue weighted by Gasteiger charge is -2.36. The molecule has 0 bridgehead atoms. The highest BCUT2D eigenvalue weighted by Gasteiger charge is 2.33. The van der Waals surface area contributed by atoms with Gasteiger partial charge >= 0.3 is 0 Å². The van der Waals surface area contributed by atoms with Crippen LogP contribution < -0.4 is 5.32 Å². The second kappa shape index (κ2) is 8.81. The largest absolute Gasteiger partial charge is 0.508 e. The van der Waals surface area contributed by atoms with Gasteiger partial charge in [-0.1, -0.05) is 36.0 Å². The first kappa shape index (κ1) is 20.1. The van der Waals surface area contributed by atoms with Crippen molar-refractivity contribution in [3.8, 4) is 5.75 Å². The molecule has 2 aliphatic rings. The molecule has 0 aromatic heterocycles. The van der Waals surface area contributed by atoms with Gasteiger partial charge in [-0.25, -0.2) is 0 Å². The van der Waals surface area contributed by atoms with Gasteiger partial charge in [-0.05, 0) is 24.5 Å². The van der Waals surface area contributed by atoms with E-state index in [-0.39, 0.29) is 36.6 Å². The summed E-state index contributed by atoms with van der Waals surface area (Å²) < 4.78 is 0. The third kappa shape index (κ3) is 4.80. The molecule has 1 aromatic carbocycles. The molecular weight excluding hydrogens is 366 g/mol. The maximum atomic E-state index is 10.3. The van der Waals surface area contributed by atoms with E-state index in [0.717, 1.165) is 44.1 Å². The van der Waals surface area contributed by atoms with E-state index < -0.39 is 0 Å². The Bertz CT molecular complexity index is 467. The lowest BCUT2D eigenvalue weighted by Crippen LogP contribution is -2.45. The summed E-state index contributed by atoms with van der Waals surface area (Å²) in [5.41, 5.74) is 0.852. The standard InChI is InChI=1S/C15H20Cl2N2O.2ClH/c16-11-8-12(17)15(14(20)9-11)13(7-10-1-2-10)19-5-3-18-4-6-19;;/h8-10,13,18,20H,1-7H2;2*1H/t13-;;/m1../s1. The van der Waals surface area contributed by atoms with Gasteiger partial charge in [0.2, 0.25) is 0 Å². The van der Waals surface area contributed by atoms with Crippen LogP contribution in [0, 0.1) is 5.92 Å². The zero-order valence-corrected chi connectivity index (χ0v) is 15.4. The van der Waals surface area contributed by atoms with Gasteiger partial charge in [-0.2, -0.15) is 0 Å². The monoisotopic (exact) mass is 386 g/mol. The fourth-order valence-corrected chi connectivity index (χ4v) is 3.62. The summed E-state index contributed by atoms with van der Waals surface area (Å²) in [6.07, 6.45) is 3.68. The van der Waals surface area contributed by atoms with Gasteiger partial charge in [-0.15, -0.1) is 24.8 Å². The maximum Gasteiger partial charge on any atom is 0.123 e. The van der Waals surface area contributed by atoms with E-state index in [2.05, 4.69) is 10.2 Å². The van der Waals surface area contributed by atoms with Crippen LogP contribution in [-0.4, -0.2) is 36.2 Å². The Hall–Kier alpha value is 0.1000. The van der Waals surface area contributed by atoms with Crippen LogP contribution in [0.5, 0.6) is 5.75 Å². The Morgan fingerprint density at radius 1 is 1.18 bits per heavy atom. The number of hydrogen-bond acceptors (Lipinski definition) is 3. The van der Waals surface area contributed by atoms with E-state index in [0.29, 0.717) is 10.0 Å². The second-order valence-electron chi connectivity index (χ2n) is 5.80. The smallest absolute Gasteiger partial charge is 0.123 e. The normalized spacial score (nSPS) is 19.9. The fourth-order valence-electron chi connectivity index (χ4n) is 3.01. The molecule has 0 amide bonds. The van der Waals surface area contributed by atoms with Crippen LogP contribution in [0.25, 0.3) is 0 Å². The van der Waals surface area contributed by atoms with Crippen molar-refractivity contribution in [2.75, 3.05) is 26.2 Å². The van der Waals surface area contributed by atoms with Gasteiger partial charge in [0.05, 0.1) is 5.02 Å². The predicted molar refractivity (Wildman–Crippen MR) is 97.1 cm³/mol. The molecule has 0 spiro atoms. The number of benzene rings is 1. The van der Waals surface area contributed by atoms with Gasteiger partial charge in [0.25, 0.3) is 0 Å². The van der Waals surface area contributed by atoms with E-state index >= 15 is 0 Å². The van der Waals surface area contributed by atoms with Gasteiger partial charge < -0.3 is 10.4 Å². The van der Waals surface area contributed by atoms with Crippen molar-refractivity contribution in [2.24, 2.45) is 5.92 Å². The molecule has 1 atom stereocenters. The SMILES string of the molecule is Cl.Cl.Oc1cc(Cl)cc(Cl)c1[C@@H](CC1CC1)N1CCNCC1. The van der Waals surface area contributed by atoms with Gasteiger partial charge in [0.15, 0.2) is 0 Å². The molecule has 2 fully saturated rings. The summed E-state index contributed by atoms with van der Waals surface area (Å²) in [6, 6.07) is 3.54. The van der Waals surface area contributed by atoms with E-state index in [1.807, 2.05) is 0 Å². The lowest BCUT2D eigenvalue weighted by atomic mass is 9.97. The Labute approximate surface area is 154 Å². The molecule has 1 saturated heterocycles. The van der Waals surface area contributed by atoms with Crippen LogP contribution in [0.2, 0.25) is 10.0 Å². The van der Waals surface area contributed by atoms with Crippen molar-refractivity contribution in [3.05, 3.63) is 27.7 Å². The first-order valence-electron chi connectivity index (χ1n) is 7.28. The summed E-state index contributed by atoms with van der Waals surface area (Å²) in [4.78, 5) is 2.43. The maximum absolute atomic E-state index is 10.3. The number of hydrogen-bond donors (Lipinski definition) is 2. The molecule has 3 rings (SSSR count). The molecule has 3 nitrogen and oxygen atoms in total. The highest BCUT2D eigenvalue weighted by atomic mass is 35.5. The number of nitrogens with one attached hydrogen (secondary N) is 1. The number of rotatable bonds is 4. The highest BCUT2D eigenvalue weighted by molar-refractivity contribution is 6.35. The third-order valence-corrected chi connectivity index (χ3v) is 4.78. The zero-order valence-electron chi connectivity index (χ0n) is 12.2. The minimum Gasteiger partial charge on any atom is -0.508 e. The molecule has 22 heavy (non-hydrogen) atoms. The molecule has 1 saturated carbocycles. The molecule has 2 N–H and O–H groups in total. The van der Waals surface area contributed by atoms with Crippen molar-refractivity contribution >= 4 is 48.0 Å². The van der Waals surface area contributed by atoms with E-state index in [1.54, 1.807) is 12.1 Å². The Morgan fingerprint density at radius 3 is 2.36 bits per heavy atom. The summed E-state index contributed by atoms with van der Waals surface area (Å²) >= 11 is 12.3. The van der Waals surface area contributed by atoms with Gasteiger partial charge in [0.1, 0.15) is 5.75 Å². The van der Waals surface area contributed by atoms with Crippen LogP contribution in [0.15, 0.2) is 12.1 Å². The van der Waals surface area contributed by atoms with Gasteiger partial charge in [-0.3, -0.25) is 4.90 Å². The summed E-state index contributed by atoms with van der Waals surface area (Å²) in [5.74, 6) is 1.01. The first-order chi connectivity index (χ1) is 9.65. The van der Waals surface area contributed by atoms with Crippen molar-refractivity contribution in [1.82, 2.24) is 10.2 Å². The van der Waals surface area contributed by atoms with E-state index in [4.69, 9.17) is 23.2 Å². The van der Waals surface area contributed by atoms with Crippen molar-refractivity contribution in [3.63, 3.8) is 0 Å². The Morgan fingerprint density at radius 2 is 1.82 bits per heavy atom. The lowest BCUT2D eigenvalue weighted by molar-refractivity contribution is 0.158. The number of nitrogens with zero attached hydrogens (tertiary/aromatic N) is 1. The number of phenols is 1. The molecule has 7 heteroatoms. The summed E-state index contributed by atoms with van der Waals surface area (Å²) in [7, 11) is 0. The second-order valence-corrected chi connectivity index (χ2v) is 6.64. The fraction of sp³-hybridized carbons (Fsp3) is 0.600. The molecule has 1 aliphatic carbocycles. The average molecular weight is 388 g/mol. The number of phenolic OH excluding ortho intramolecular Hbond substituents is 1. The van der Waals surface area contributed by atoms with Crippen LogP contribution in [-0.2, 0) is 0 Å². The Balaban J connectivity index is 0.00000121. The van der Waals surface area contributed by atoms with Crippen LogP contribution >= 0.6 is 48.0 Å². The van der Waals surface area contributed by atoms with Crippen molar-refractivity contribution in [1.29, 1.82) is 0 Å². The van der Waals surface area contributed by atoms with E-state index in [9.17, 15) is 5.11 Å². The number of aromatic hydroxyl groups is 1. The number of piperazine rings is 1. The molecular formula is C15H22Cl4N2O. The van der Waals surface area contributed by atoms with Crippen LogP contribution in [0.3, 0.4) is 0 Å². The van der Waals surface area contributed by atoms with Crippen LogP contribution in [0.1, 0.15) is 30.9 Å².